The molecule has 0 saturated carbocycles. The van der Waals surface area contributed by atoms with Crippen molar-refractivity contribution in [3.63, 3.8) is 0 Å². The molecule has 0 aliphatic rings. The first kappa shape index (κ1) is 16.2. The van der Waals surface area contributed by atoms with E-state index >= 15 is 0 Å². The number of nitrogens with one attached hydrogen (secondary N) is 1. The summed E-state index contributed by atoms with van der Waals surface area (Å²) in [5.41, 5.74) is 0.126. The summed E-state index contributed by atoms with van der Waals surface area (Å²) < 4.78 is 14.9. The van der Waals surface area contributed by atoms with Gasteiger partial charge in [0.15, 0.2) is 5.82 Å². The van der Waals surface area contributed by atoms with Gasteiger partial charge in [-0.1, -0.05) is 0 Å². The quantitative estimate of drug-likeness (QED) is 0.567. The second kappa shape index (κ2) is 6.87. The number of benzene rings is 1. The van der Waals surface area contributed by atoms with Crippen molar-refractivity contribution in [3.8, 4) is 0 Å². The van der Waals surface area contributed by atoms with Gasteiger partial charge in [0.2, 0.25) is 0 Å². The SMILES string of the molecule is O=C(Nc1ccn(Cc2ccncc2)n1)c1cc(F)ccc1[N+](=O)[O-]. The van der Waals surface area contributed by atoms with Crippen molar-refractivity contribution in [2.75, 3.05) is 5.32 Å². The Kier molecular flexibility index (Phi) is 4.46. The molecule has 126 valence electrons. The molecule has 1 aromatic carbocycles. The monoisotopic (exact) mass is 341 g/mol. The van der Waals surface area contributed by atoms with Crippen molar-refractivity contribution < 1.29 is 14.1 Å². The van der Waals surface area contributed by atoms with Gasteiger partial charge in [-0.25, -0.2) is 4.39 Å². The summed E-state index contributed by atoms with van der Waals surface area (Å²) in [5, 5.41) is 17.6. The highest BCUT2D eigenvalue weighted by atomic mass is 19.1. The third-order valence-electron chi connectivity index (χ3n) is 3.38. The number of hydrogen-bond acceptors (Lipinski definition) is 5. The Balaban J connectivity index is 1.76. The lowest BCUT2D eigenvalue weighted by atomic mass is 10.1. The summed E-state index contributed by atoms with van der Waals surface area (Å²) in [6.07, 6.45) is 4.96. The molecule has 0 aliphatic heterocycles. The molecular formula is C16H12FN5O3. The summed E-state index contributed by atoms with van der Waals surface area (Å²) in [6, 6.07) is 7.91. The predicted molar refractivity (Wildman–Crippen MR) is 86.6 cm³/mol. The Morgan fingerprint density at radius 2 is 2.00 bits per heavy atom. The summed E-state index contributed by atoms with van der Waals surface area (Å²) in [7, 11) is 0. The van der Waals surface area contributed by atoms with E-state index in [1.165, 1.54) is 0 Å². The Morgan fingerprint density at radius 3 is 2.72 bits per heavy atom. The van der Waals surface area contributed by atoms with Crippen molar-refractivity contribution in [2.45, 2.75) is 6.54 Å². The maximum absolute atomic E-state index is 13.3. The number of pyridine rings is 1. The minimum atomic E-state index is -0.805. The van der Waals surface area contributed by atoms with Crippen LogP contribution >= 0.6 is 0 Å². The molecule has 25 heavy (non-hydrogen) atoms. The molecule has 9 heteroatoms. The van der Waals surface area contributed by atoms with Gasteiger partial charge in [-0.2, -0.15) is 5.10 Å². The number of halogens is 1. The molecule has 1 N–H and O–H groups in total. The van der Waals surface area contributed by atoms with Gasteiger partial charge < -0.3 is 5.32 Å². The van der Waals surface area contributed by atoms with Crippen molar-refractivity contribution in [3.05, 3.63) is 82.0 Å². The van der Waals surface area contributed by atoms with Gasteiger partial charge in [-0.3, -0.25) is 24.6 Å². The number of carbonyl (C=O) groups excluding carboxylic acids is 1. The maximum atomic E-state index is 13.3. The Labute approximate surface area is 141 Å². The molecule has 0 aliphatic carbocycles. The predicted octanol–water partition coefficient (Wildman–Crippen LogP) is 2.63. The first-order valence-corrected chi connectivity index (χ1v) is 7.20. The molecule has 0 fully saturated rings. The van der Waals surface area contributed by atoms with Crippen molar-refractivity contribution >= 4 is 17.4 Å². The summed E-state index contributed by atoms with van der Waals surface area (Å²) in [6.45, 7) is 0.471. The smallest absolute Gasteiger partial charge is 0.282 e. The van der Waals surface area contributed by atoms with E-state index in [-0.39, 0.29) is 11.4 Å². The number of aromatic nitrogens is 3. The second-order valence-electron chi connectivity index (χ2n) is 5.13. The van der Waals surface area contributed by atoms with Crippen LogP contribution in [0.4, 0.5) is 15.9 Å². The number of rotatable bonds is 5. The van der Waals surface area contributed by atoms with Crippen LogP contribution in [0.25, 0.3) is 0 Å². The number of nitrogens with zero attached hydrogens (tertiary/aromatic N) is 4. The zero-order chi connectivity index (χ0) is 17.8. The lowest BCUT2D eigenvalue weighted by molar-refractivity contribution is -0.385. The van der Waals surface area contributed by atoms with E-state index in [1.54, 1.807) is 29.3 Å². The fraction of sp³-hybridized carbons (Fsp3) is 0.0625. The van der Waals surface area contributed by atoms with Crippen LogP contribution in [0.15, 0.2) is 55.0 Å². The van der Waals surface area contributed by atoms with E-state index in [2.05, 4.69) is 15.4 Å². The Morgan fingerprint density at radius 1 is 1.24 bits per heavy atom. The summed E-state index contributed by atoms with van der Waals surface area (Å²) in [4.78, 5) is 26.4. The van der Waals surface area contributed by atoms with Crippen LogP contribution < -0.4 is 5.32 Å². The number of nitro groups is 1. The van der Waals surface area contributed by atoms with E-state index in [0.717, 1.165) is 23.8 Å². The van der Waals surface area contributed by atoms with E-state index in [0.29, 0.717) is 6.54 Å². The molecule has 0 spiro atoms. The molecule has 2 aromatic heterocycles. The maximum Gasteiger partial charge on any atom is 0.282 e. The number of amides is 1. The van der Waals surface area contributed by atoms with Crippen molar-refractivity contribution in [1.29, 1.82) is 0 Å². The minimum Gasteiger partial charge on any atom is -0.305 e. The number of anilines is 1. The van der Waals surface area contributed by atoms with Gasteiger partial charge >= 0.3 is 0 Å². The molecule has 0 bridgehead atoms. The molecule has 0 saturated heterocycles. The van der Waals surface area contributed by atoms with E-state index < -0.39 is 22.3 Å². The molecule has 0 radical (unpaired) electrons. The summed E-state index contributed by atoms with van der Waals surface area (Å²) >= 11 is 0. The number of hydrogen-bond donors (Lipinski definition) is 1. The third-order valence-corrected chi connectivity index (χ3v) is 3.38. The second-order valence-corrected chi connectivity index (χ2v) is 5.13. The Bertz CT molecular complexity index is 927. The fourth-order valence-corrected chi connectivity index (χ4v) is 2.22. The zero-order valence-corrected chi connectivity index (χ0v) is 12.8. The zero-order valence-electron chi connectivity index (χ0n) is 12.8. The minimum absolute atomic E-state index is 0.206. The van der Waals surface area contributed by atoms with Crippen LogP contribution in [0.2, 0.25) is 0 Å². The molecule has 1 amide bonds. The summed E-state index contributed by atoms with van der Waals surface area (Å²) in [5.74, 6) is -1.34. The van der Waals surface area contributed by atoms with Crippen LogP contribution in [0.5, 0.6) is 0 Å². The highest BCUT2D eigenvalue weighted by molar-refractivity contribution is 6.06. The molecule has 0 unspecified atom stereocenters. The lowest BCUT2D eigenvalue weighted by Crippen LogP contribution is -2.15. The van der Waals surface area contributed by atoms with Crippen molar-refractivity contribution in [1.82, 2.24) is 14.8 Å². The molecular weight excluding hydrogens is 329 g/mol. The van der Waals surface area contributed by atoms with Crippen LogP contribution in [0.3, 0.4) is 0 Å². The van der Waals surface area contributed by atoms with Crippen LogP contribution in [-0.2, 0) is 6.54 Å². The fourth-order valence-electron chi connectivity index (χ4n) is 2.22. The third kappa shape index (κ3) is 3.83. The molecule has 0 atom stereocenters. The van der Waals surface area contributed by atoms with Gasteiger partial charge in [0.05, 0.1) is 11.5 Å². The van der Waals surface area contributed by atoms with E-state index in [9.17, 15) is 19.3 Å². The van der Waals surface area contributed by atoms with Crippen LogP contribution in [0, 0.1) is 15.9 Å². The molecule has 3 aromatic rings. The van der Waals surface area contributed by atoms with Gasteiger partial charge in [0, 0.05) is 30.7 Å². The average Bonchev–Trinajstić information content (AvgIpc) is 3.02. The molecule has 2 heterocycles. The number of carbonyl (C=O) groups is 1. The van der Waals surface area contributed by atoms with Crippen LogP contribution in [0.1, 0.15) is 15.9 Å². The van der Waals surface area contributed by atoms with Crippen LogP contribution in [-0.4, -0.2) is 25.6 Å². The van der Waals surface area contributed by atoms with Crippen molar-refractivity contribution in [2.24, 2.45) is 0 Å². The first-order valence-electron chi connectivity index (χ1n) is 7.20. The highest BCUT2D eigenvalue weighted by Gasteiger charge is 2.21. The number of nitro benzene ring substituents is 1. The largest absolute Gasteiger partial charge is 0.305 e. The van der Waals surface area contributed by atoms with E-state index in [4.69, 9.17) is 0 Å². The molecule has 8 nitrogen and oxygen atoms in total. The van der Waals surface area contributed by atoms with Gasteiger partial charge in [-0.15, -0.1) is 0 Å². The standard InChI is InChI=1S/C16H12FN5O3/c17-12-1-2-14(22(24)25)13(9-12)16(23)19-15-5-8-21(20-15)10-11-3-6-18-7-4-11/h1-9H,10H2,(H,19,20,23). The average molecular weight is 341 g/mol. The molecule has 3 rings (SSSR count). The Hall–Kier alpha value is -3.62. The van der Waals surface area contributed by atoms with Gasteiger partial charge in [0.1, 0.15) is 11.4 Å². The van der Waals surface area contributed by atoms with Gasteiger partial charge in [-0.05, 0) is 29.8 Å². The highest BCUT2D eigenvalue weighted by Crippen LogP contribution is 2.20. The van der Waals surface area contributed by atoms with E-state index in [1.807, 2.05) is 12.1 Å². The van der Waals surface area contributed by atoms with Gasteiger partial charge in [0.25, 0.3) is 11.6 Å². The lowest BCUT2D eigenvalue weighted by Gasteiger charge is -2.04. The first-order chi connectivity index (χ1) is 12.0. The topological polar surface area (TPSA) is 103 Å². The normalized spacial score (nSPS) is 10.4.